The molecule has 0 saturated heterocycles. The summed E-state index contributed by atoms with van der Waals surface area (Å²) in [5, 5.41) is 1.90. The average molecular weight is 415 g/mol. The van der Waals surface area contributed by atoms with Crippen molar-refractivity contribution in [2.75, 3.05) is 0 Å². The summed E-state index contributed by atoms with van der Waals surface area (Å²) in [5.41, 5.74) is 1.76. The standard InChI is InChI=1S/C25H42OSi2/c1-25(2,3)28(4,5)26-24-17-16-21(18-20-12-8-6-9-13-20)23(24)19-27-22-14-10-7-11-15-22/h7,10-11,14-15,18,20,23-24H,6,8-9,12-13,16-17,19,27H2,1-5H3/b21-18+/t23-,24-/m1/s1. The van der Waals surface area contributed by atoms with Gasteiger partial charge in [-0.3, -0.25) is 0 Å². The summed E-state index contributed by atoms with van der Waals surface area (Å²) < 4.78 is 7.00. The van der Waals surface area contributed by atoms with Crippen LogP contribution in [0.25, 0.3) is 0 Å². The largest absolute Gasteiger partial charge is 0.413 e. The van der Waals surface area contributed by atoms with Crippen LogP contribution in [0.15, 0.2) is 42.0 Å². The van der Waals surface area contributed by atoms with Crippen LogP contribution in [0.4, 0.5) is 0 Å². The molecule has 28 heavy (non-hydrogen) atoms. The van der Waals surface area contributed by atoms with Crippen molar-refractivity contribution in [1.82, 2.24) is 0 Å². The number of hydrogen-bond acceptors (Lipinski definition) is 1. The summed E-state index contributed by atoms with van der Waals surface area (Å²) in [5.74, 6) is 1.53. The van der Waals surface area contributed by atoms with Gasteiger partial charge in [-0.1, -0.05) is 87.2 Å². The lowest BCUT2D eigenvalue weighted by molar-refractivity contribution is 0.156. The zero-order valence-electron chi connectivity index (χ0n) is 19.0. The fraction of sp³-hybridized carbons (Fsp3) is 0.680. The molecule has 0 bridgehead atoms. The molecule has 0 N–H and O–H groups in total. The molecule has 0 spiro atoms. The molecule has 3 heteroatoms. The third kappa shape index (κ3) is 5.70. The maximum absolute atomic E-state index is 7.00. The van der Waals surface area contributed by atoms with E-state index in [0.29, 0.717) is 17.1 Å². The predicted molar refractivity (Wildman–Crippen MR) is 129 cm³/mol. The van der Waals surface area contributed by atoms with E-state index in [9.17, 15) is 0 Å². The molecule has 1 nitrogen and oxygen atoms in total. The number of hydrogen-bond donors (Lipinski definition) is 0. The van der Waals surface area contributed by atoms with Gasteiger partial charge in [0.1, 0.15) is 0 Å². The SMILES string of the molecule is CC(C)(C)[Si](C)(C)O[C@@H]1CC/C(=C\C2CCCCC2)[C@H]1C[SiH2]c1ccccc1. The van der Waals surface area contributed by atoms with Crippen LogP contribution in [-0.2, 0) is 4.43 Å². The molecule has 0 radical (unpaired) electrons. The summed E-state index contributed by atoms with van der Waals surface area (Å²) in [6, 6.07) is 12.6. The van der Waals surface area contributed by atoms with E-state index in [2.05, 4.69) is 70.3 Å². The highest BCUT2D eigenvalue weighted by atomic mass is 28.4. The van der Waals surface area contributed by atoms with E-state index < -0.39 is 8.32 Å². The molecular formula is C25H42OSi2. The molecule has 0 amide bonds. The molecule has 2 saturated carbocycles. The van der Waals surface area contributed by atoms with Crippen LogP contribution in [0.5, 0.6) is 0 Å². The van der Waals surface area contributed by atoms with Gasteiger partial charge in [-0.15, -0.1) is 0 Å². The normalized spacial score (nSPS) is 26.5. The summed E-state index contributed by atoms with van der Waals surface area (Å²) in [4.78, 5) is 0. The Labute approximate surface area is 177 Å². The summed E-state index contributed by atoms with van der Waals surface area (Å²) >= 11 is 0. The smallest absolute Gasteiger partial charge is 0.192 e. The molecule has 2 aliphatic rings. The van der Waals surface area contributed by atoms with Gasteiger partial charge in [-0.2, -0.15) is 0 Å². The van der Waals surface area contributed by atoms with E-state index in [0.717, 1.165) is 5.92 Å². The van der Waals surface area contributed by atoms with E-state index >= 15 is 0 Å². The lowest BCUT2D eigenvalue weighted by Crippen LogP contribution is -2.45. The molecule has 156 valence electrons. The Morgan fingerprint density at radius 3 is 2.36 bits per heavy atom. The van der Waals surface area contributed by atoms with Crippen molar-refractivity contribution in [3.63, 3.8) is 0 Å². The first-order valence-electron chi connectivity index (χ1n) is 11.7. The highest BCUT2D eigenvalue weighted by Gasteiger charge is 2.43. The number of rotatable bonds is 6. The average Bonchev–Trinajstić information content (AvgIpc) is 3.01. The quantitative estimate of drug-likeness (QED) is 0.397. The fourth-order valence-electron chi connectivity index (χ4n) is 4.78. The molecule has 2 atom stereocenters. The van der Waals surface area contributed by atoms with E-state index in [1.165, 1.54) is 51.0 Å². The van der Waals surface area contributed by atoms with Crippen LogP contribution in [-0.4, -0.2) is 23.9 Å². The molecular weight excluding hydrogens is 372 g/mol. The minimum atomic E-state index is -1.71. The lowest BCUT2D eigenvalue weighted by atomic mass is 9.86. The van der Waals surface area contributed by atoms with Gasteiger partial charge in [0.05, 0.1) is 15.6 Å². The second-order valence-corrected chi connectivity index (χ2v) is 17.4. The molecule has 3 rings (SSSR count). The van der Waals surface area contributed by atoms with Crippen LogP contribution in [0.1, 0.15) is 65.7 Å². The molecule has 0 aromatic heterocycles. The maximum atomic E-state index is 7.00. The first kappa shape index (κ1) is 22.0. The summed E-state index contributed by atoms with van der Waals surface area (Å²) in [7, 11) is -1.95. The van der Waals surface area contributed by atoms with E-state index in [1.807, 2.05) is 0 Å². The monoisotopic (exact) mass is 414 g/mol. The van der Waals surface area contributed by atoms with Crippen molar-refractivity contribution in [1.29, 1.82) is 0 Å². The Morgan fingerprint density at radius 1 is 1.04 bits per heavy atom. The van der Waals surface area contributed by atoms with Crippen molar-refractivity contribution < 1.29 is 4.43 Å². The first-order valence-corrected chi connectivity index (χ1v) is 16.3. The summed E-state index contributed by atoms with van der Waals surface area (Å²) in [6.07, 6.45) is 12.9. The van der Waals surface area contributed by atoms with E-state index in [-0.39, 0.29) is 9.52 Å². The highest BCUT2D eigenvalue weighted by Crippen LogP contribution is 2.44. The van der Waals surface area contributed by atoms with Gasteiger partial charge in [0.2, 0.25) is 0 Å². The van der Waals surface area contributed by atoms with Crippen LogP contribution in [0, 0.1) is 11.8 Å². The minimum Gasteiger partial charge on any atom is -0.413 e. The van der Waals surface area contributed by atoms with Gasteiger partial charge in [0.15, 0.2) is 8.32 Å². The Bertz CT molecular complexity index is 638. The van der Waals surface area contributed by atoms with Crippen molar-refractivity contribution in [2.24, 2.45) is 11.8 Å². The topological polar surface area (TPSA) is 9.23 Å². The van der Waals surface area contributed by atoms with Crippen LogP contribution >= 0.6 is 0 Å². The predicted octanol–water partition coefficient (Wildman–Crippen LogP) is 6.21. The van der Waals surface area contributed by atoms with Crippen molar-refractivity contribution >= 4 is 23.0 Å². The zero-order valence-corrected chi connectivity index (χ0v) is 21.4. The second kappa shape index (κ2) is 9.44. The third-order valence-corrected chi connectivity index (χ3v) is 14.0. The Morgan fingerprint density at radius 2 is 1.71 bits per heavy atom. The number of benzene rings is 1. The Balaban J connectivity index is 1.75. The molecule has 1 aromatic carbocycles. The highest BCUT2D eigenvalue weighted by molar-refractivity contribution is 6.74. The van der Waals surface area contributed by atoms with Crippen molar-refractivity contribution in [3.05, 3.63) is 42.0 Å². The van der Waals surface area contributed by atoms with Crippen LogP contribution < -0.4 is 5.19 Å². The summed E-state index contributed by atoms with van der Waals surface area (Å²) in [6.45, 7) is 12.0. The fourth-order valence-corrected chi connectivity index (χ4v) is 8.16. The second-order valence-electron chi connectivity index (χ2n) is 10.7. The molecule has 1 aromatic rings. The van der Waals surface area contributed by atoms with Crippen LogP contribution in [0.2, 0.25) is 24.2 Å². The van der Waals surface area contributed by atoms with Gasteiger partial charge < -0.3 is 4.43 Å². The van der Waals surface area contributed by atoms with Gasteiger partial charge in [-0.25, -0.2) is 0 Å². The van der Waals surface area contributed by atoms with Gasteiger partial charge in [0.25, 0.3) is 0 Å². The number of allylic oxidation sites excluding steroid dienone is 1. The van der Waals surface area contributed by atoms with Crippen LogP contribution in [0.3, 0.4) is 0 Å². The Kier molecular flexibility index (Phi) is 7.44. The molecule has 0 unspecified atom stereocenters. The van der Waals surface area contributed by atoms with E-state index in [4.69, 9.17) is 4.43 Å². The van der Waals surface area contributed by atoms with E-state index in [1.54, 1.807) is 10.8 Å². The third-order valence-electron chi connectivity index (χ3n) is 7.58. The molecule has 2 fully saturated rings. The van der Waals surface area contributed by atoms with Crippen molar-refractivity contribution in [3.8, 4) is 0 Å². The Hall–Kier alpha value is -0.646. The molecule has 2 aliphatic carbocycles. The lowest BCUT2D eigenvalue weighted by Gasteiger charge is -2.40. The molecule has 0 heterocycles. The maximum Gasteiger partial charge on any atom is 0.192 e. The molecule has 0 aliphatic heterocycles. The minimum absolute atomic E-state index is 0.235. The first-order chi connectivity index (χ1) is 13.3. The zero-order chi connectivity index (χ0) is 20.2. The van der Waals surface area contributed by atoms with Gasteiger partial charge >= 0.3 is 0 Å². The van der Waals surface area contributed by atoms with Gasteiger partial charge in [0, 0.05) is 5.92 Å². The van der Waals surface area contributed by atoms with Gasteiger partial charge in [-0.05, 0) is 55.8 Å². The van der Waals surface area contributed by atoms with Crippen molar-refractivity contribution in [2.45, 2.75) is 96.0 Å².